The zero-order valence-corrected chi connectivity index (χ0v) is 16.6. The number of hydrogen-bond acceptors (Lipinski definition) is 5. The van der Waals surface area contributed by atoms with Crippen LogP contribution in [-0.4, -0.2) is 29.5 Å². The number of aromatic nitrogens is 2. The number of furan rings is 1. The molecule has 29 heavy (non-hydrogen) atoms. The first-order valence-corrected chi connectivity index (χ1v) is 9.09. The summed E-state index contributed by atoms with van der Waals surface area (Å²) >= 11 is 0. The molecule has 7 heteroatoms. The van der Waals surface area contributed by atoms with E-state index in [2.05, 4.69) is 10.3 Å². The fraction of sp³-hybridized carbons (Fsp3) is 0.182. The van der Waals surface area contributed by atoms with Gasteiger partial charge in [-0.15, -0.1) is 0 Å². The third kappa shape index (κ3) is 3.31. The molecule has 148 valence electrons. The maximum absolute atomic E-state index is 13.2. The van der Waals surface area contributed by atoms with Crippen molar-refractivity contribution in [2.24, 2.45) is 0 Å². The Morgan fingerprint density at radius 3 is 2.38 bits per heavy atom. The lowest BCUT2D eigenvalue weighted by Crippen LogP contribution is -2.16. The number of carbonyl (C=O) groups is 1. The molecule has 4 rings (SSSR count). The highest BCUT2D eigenvalue weighted by atomic mass is 16.5. The molecule has 0 fully saturated rings. The van der Waals surface area contributed by atoms with Crippen LogP contribution in [0.5, 0.6) is 11.5 Å². The number of rotatable bonds is 5. The Labute approximate surface area is 167 Å². The highest BCUT2D eigenvalue weighted by Gasteiger charge is 2.23. The third-order valence-corrected chi connectivity index (χ3v) is 4.63. The summed E-state index contributed by atoms with van der Waals surface area (Å²) in [5.74, 6) is 2.32. The van der Waals surface area contributed by atoms with Crippen LogP contribution in [0, 0.1) is 13.8 Å². The van der Waals surface area contributed by atoms with E-state index in [9.17, 15) is 4.79 Å². The number of fused-ring (bicyclic) bond motifs is 1. The van der Waals surface area contributed by atoms with E-state index in [0.717, 1.165) is 11.3 Å². The summed E-state index contributed by atoms with van der Waals surface area (Å²) in [4.78, 5) is 17.9. The minimum atomic E-state index is -0.368. The van der Waals surface area contributed by atoms with Gasteiger partial charge in [-0.3, -0.25) is 9.20 Å². The van der Waals surface area contributed by atoms with Crippen LogP contribution < -0.4 is 14.8 Å². The highest BCUT2D eigenvalue weighted by molar-refractivity contribution is 6.09. The quantitative estimate of drug-likeness (QED) is 0.543. The topological polar surface area (TPSA) is 78.0 Å². The first-order valence-electron chi connectivity index (χ1n) is 9.09. The molecular formula is C22H21N3O4. The summed E-state index contributed by atoms with van der Waals surface area (Å²) in [7, 11) is 3.03. The van der Waals surface area contributed by atoms with Crippen molar-refractivity contribution in [2.75, 3.05) is 19.5 Å². The lowest BCUT2D eigenvalue weighted by molar-refractivity contribution is 0.102. The van der Waals surface area contributed by atoms with Gasteiger partial charge in [0, 0.05) is 6.20 Å². The molecular weight excluding hydrogens is 370 g/mol. The smallest absolute Gasteiger partial charge is 0.264 e. The molecule has 0 spiro atoms. The Morgan fingerprint density at radius 1 is 1.03 bits per heavy atom. The summed E-state index contributed by atoms with van der Waals surface area (Å²) < 4.78 is 18.3. The average Bonchev–Trinajstić information content (AvgIpc) is 3.30. The fourth-order valence-electron chi connectivity index (χ4n) is 3.25. The molecule has 4 aromatic rings. The molecule has 0 unspecified atom stereocenters. The van der Waals surface area contributed by atoms with Crippen molar-refractivity contribution in [3.8, 4) is 23.0 Å². The van der Waals surface area contributed by atoms with Gasteiger partial charge in [0.2, 0.25) is 0 Å². The summed E-state index contributed by atoms with van der Waals surface area (Å²) in [6.07, 6.45) is 1.91. The molecule has 0 radical (unpaired) electrons. The number of nitrogens with zero attached hydrogens (tertiary/aromatic N) is 2. The van der Waals surface area contributed by atoms with Gasteiger partial charge in [-0.25, -0.2) is 4.98 Å². The predicted molar refractivity (Wildman–Crippen MR) is 110 cm³/mol. The number of imidazole rings is 1. The number of benzene rings is 1. The molecule has 1 N–H and O–H groups in total. The van der Waals surface area contributed by atoms with Crippen LogP contribution in [0.1, 0.15) is 21.7 Å². The zero-order chi connectivity index (χ0) is 20.5. The molecule has 3 heterocycles. The predicted octanol–water partition coefficient (Wildman–Crippen LogP) is 4.48. The van der Waals surface area contributed by atoms with Crippen LogP contribution in [0.2, 0.25) is 0 Å². The molecule has 0 saturated carbocycles. The van der Waals surface area contributed by atoms with Crippen LogP contribution in [0.4, 0.5) is 5.82 Å². The van der Waals surface area contributed by atoms with Gasteiger partial charge in [0.25, 0.3) is 5.91 Å². The number of amides is 1. The van der Waals surface area contributed by atoms with Crippen LogP contribution in [0.25, 0.3) is 17.1 Å². The van der Waals surface area contributed by atoms with Crippen molar-refractivity contribution in [1.29, 1.82) is 0 Å². The molecule has 0 aliphatic carbocycles. The number of methoxy groups -OCH3 is 2. The molecule has 0 aliphatic rings. The van der Waals surface area contributed by atoms with Crippen LogP contribution in [-0.2, 0) is 0 Å². The Balaban J connectivity index is 1.86. The van der Waals surface area contributed by atoms with Gasteiger partial charge < -0.3 is 19.2 Å². The summed E-state index contributed by atoms with van der Waals surface area (Å²) in [5, 5.41) is 2.98. The van der Waals surface area contributed by atoms with Crippen molar-refractivity contribution < 1.29 is 18.7 Å². The van der Waals surface area contributed by atoms with Gasteiger partial charge in [0.15, 0.2) is 5.76 Å². The maximum atomic E-state index is 13.2. The number of ether oxygens (including phenoxy) is 2. The number of hydrogen-bond donors (Lipinski definition) is 1. The lowest BCUT2D eigenvalue weighted by Gasteiger charge is -2.13. The molecule has 3 aromatic heterocycles. The summed E-state index contributed by atoms with van der Waals surface area (Å²) in [6.45, 7) is 3.84. The number of carbonyl (C=O) groups excluding carboxylic acids is 1. The Morgan fingerprint density at radius 2 is 1.76 bits per heavy atom. The van der Waals surface area contributed by atoms with E-state index >= 15 is 0 Å². The Bertz CT molecular complexity index is 1180. The first-order chi connectivity index (χ1) is 14.0. The van der Waals surface area contributed by atoms with Gasteiger partial charge in [-0.05, 0) is 49.7 Å². The molecule has 1 amide bonds. The molecule has 0 atom stereocenters. The van der Waals surface area contributed by atoms with E-state index in [-0.39, 0.29) is 5.91 Å². The molecule has 7 nitrogen and oxygen atoms in total. The Hall–Kier alpha value is -3.74. The SMILES string of the molecule is COc1cccc(OC)c1C(=O)Nc1c(-c2ccc(C)o2)nc2ccc(C)cn12. The van der Waals surface area contributed by atoms with Crippen molar-refractivity contribution in [1.82, 2.24) is 9.38 Å². The number of aryl methyl sites for hydroxylation is 2. The summed E-state index contributed by atoms with van der Waals surface area (Å²) in [5.41, 5.74) is 2.58. The van der Waals surface area contributed by atoms with E-state index in [1.54, 1.807) is 18.2 Å². The van der Waals surface area contributed by atoms with Crippen molar-refractivity contribution >= 4 is 17.4 Å². The van der Waals surface area contributed by atoms with Crippen LogP contribution >= 0.6 is 0 Å². The van der Waals surface area contributed by atoms with Crippen LogP contribution in [0.3, 0.4) is 0 Å². The maximum Gasteiger partial charge on any atom is 0.264 e. The first kappa shape index (κ1) is 18.6. The number of pyridine rings is 1. The van der Waals surface area contributed by atoms with Gasteiger partial charge in [0.05, 0.1) is 14.2 Å². The van der Waals surface area contributed by atoms with Gasteiger partial charge in [0.1, 0.15) is 40.0 Å². The monoisotopic (exact) mass is 391 g/mol. The van der Waals surface area contributed by atoms with Gasteiger partial charge in [-0.1, -0.05) is 12.1 Å². The number of anilines is 1. The molecule has 1 aromatic carbocycles. The largest absolute Gasteiger partial charge is 0.496 e. The van der Waals surface area contributed by atoms with E-state index in [1.165, 1.54) is 14.2 Å². The second kappa shape index (κ2) is 7.35. The molecule has 0 bridgehead atoms. The second-order valence-corrected chi connectivity index (χ2v) is 6.65. The highest BCUT2D eigenvalue weighted by Crippen LogP contribution is 2.33. The fourth-order valence-corrected chi connectivity index (χ4v) is 3.25. The van der Waals surface area contributed by atoms with E-state index in [4.69, 9.17) is 13.9 Å². The summed E-state index contributed by atoms with van der Waals surface area (Å²) in [6, 6.07) is 12.8. The average molecular weight is 391 g/mol. The van der Waals surface area contributed by atoms with Crippen molar-refractivity contribution in [3.63, 3.8) is 0 Å². The minimum absolute atomic E-state index is 0.307. The molecule has 0 saturated heterocycles. The van der Waals surface area contributed by atoms with Gasteiger partial charge in [-0.2, -0.15) is 0 Å². The van der Waals surface area contributed by atoms with Crippen molar-refractivity contribution in [3.05, 3.63) is 65.5 Å². The van der Waals surface area contributed by atoms with Crippen molar-refractivity contribution in [2.45, 2.75) is 13.8 Å². The Kier molecular flexibility index (Phi) is 4.72. The second-order valence-electron chi connectivity index (χ2n) is 6.65. The minimum Gasteiger partial charge on any atom is -0.496 e. The van der Waals surface area contributed by atoms with Gasteiger partial charge >= 0.3 is 0 Å². The van der Waals surface area contributed by atoms with E-state index in [1.807, 2.05) is 48.7 Å². The molecule has 0 aliphatic heterocycles. The standard InChI is InChI=1S/C22H21N3O4/c1-13-8-11-18-23-20(17-10-9-14(2)29-17)21(25(18)12-13)24-22(26)19-15(27-3)6-5-7-16(19)28-4/h5-12H,1-4H3,(H,24,26). The number of nitrogens with one attached hydrogen (secondary N) is 1. The zero-order valence-electron chi connectivity index (χ0n) is 16.6. The van der Waals surface area contributed by atoms with E-state index in [0.29, 0.717) is 40.0 Å². The third-order valence-electron chi connectivity index (χ3n) is 4.63. The van der Waals surface area contributed by atoms with Crippen LogP contribution in [0.15, 0.2) is 53.1 Å². The normalized spacial score (nSPS) is 10.9. The lowest BCUT2D eigenvalue weighted by atomic mass is 10.1. The van der Waals surface area contributed by atoms with E-state index < -0.39 is 0 Å².